The third kappa shape index (κ3) is 5.24. The second kappa shape index (κ2) is 8.59. The number of nitrogens with zero attached hydrogens (tertiary/aromatic N) is 3. The van der Waals surface area contributed by atoms with Gasteiger partial charge in [0.2, 0.25) is 5.82 Å². The minimum atomic E-state index is -3.77. The molecule has 0 fully saturated rings. The molecule has 0 spiro atoms. The van der Waals surface area contributed by atoms with E-state index in [4.69, 9.17) is 4.74 Å². The van der Waals surface area contributed by atoms with Gasteiger partial charge in [-0.1, -0.05) is 23.8 Å². The minimum absolute atomic E-state index is 0.0689. The predicted molar refractivity (Wildman–Crippen MR) is 102 cm³/mol. The van der Waals surface area contributed by atoms with Gasteiger partial charge in [-0.25, -0.2) is 18.4 Å². The normalized spacial score (nSPS) is 11.1. The molecule has 0 saturated heterocycles. The van der Waals surface area contributed by atoms with Crippen LogP contribution in [-0.2, 0) is 16.4 Å². The van der Waals surface area contributed by atoms with Gasteiger partial charge in [-0.2, -0.15) is 0 Å². The summed E-state index contributed by atoms with van der Waals surface area (Å²) < 4.78 is 33.2. The molecule has 7 nitrogen and oxygen atoms in total. The van der Waals surface area contributed by atoms with Gasteiger partial charge >= 0.3 is 0 Å². The number of hydrogen-bond acceptors (Lipinski definition) is 6. The fourth-order valence-electron chi connectivity index (χ4n) is 2.40. The van der Waals surface area contributed by atoms with E-state index in [-0.39, 0.29) is 16.6 Å². The third-order valence-corrected chi connectivity index (χ3v) is 5.15. The maximum Gasteiger partial charge on any atom is 0.263 e. The number of pyridine rings is 1. The SMILES string of the molecule is Cc1ccc(S(=O)(=O)Nc2nccnc2OCCCc2cccnc2)cc1. The van der Waals surface area contributed by atoms with Gasteiger partial charge in [-0.15, -0.1) is 0 Å². The van der Waals surface area contributed by atoms with E-state index in [9.17, 15) is 8.42 Å². The van der Waals surface area contributed by atoms with Crippen LogP contribution in [0.4, 0.5) is 5.82 Å². The maximum atomic E-state index is 12.5. The highest BCUT2D eigenvalue weighted by atomic mass is 32.2. The van der Waals surface area contributed by atoms with Gasteiger partial charge in [0.25, 0.3) is 15.9 Å². The van der Waals surface area contributed by atoms with E-state index in [1.165, 1.54) is 12.4 Å². The van der Waals surface area contributed by atoms with Crippen molar-refractivity contribution in [3.8, 4) is 5.88 Å². The average molecular weight is 384 g/mol. The van der Waals surface area contributed by atoms with E-state index in [0.717, 1.165) is 24.0 Å². The molecule has 140 valence electrons. The molecule has 0 bridgehead atoms. The summed E-state index contributed by atoms with van der Waals surface area (Å²) in [6.45, 7) is 2.27. The molecule has 2 heterocycles. The molecule has 0 aliphatic heterocycles. The lowest BCUT2D eigenvalue weighted by Gasteiger charge is -2.11. The predicted octanol–water partition coefficient (Wildman–Crippen LogP) is 2.99. The first-order valence-electron chi connectivity index (χ1n) is 8.47. The minimum Gasteiger partial charge on any atom is -0.475 e. The fraction of sp³-hybridized carbons (Fsp3) is 0.211. The van der Waals surface area contributed by atoms with E-state index in [1.54, 1.807) is 30.5 Å². The van der Waals surface area contributed by atoms with Gasteiger partial charge in [0.15, 0.2) is 0 Å². The highest BCUT2D eigenvalue weighted by molar-refractivity contribution is 7.92. The standard InChI is InChI=1S/C19H20N4O3S/c1-15-6-8-17(9-7-15)27(24,25)23-18-19(22-12-11-21-18)26-13-3-5-16-4-2-10-20-14-16/h2,4,6-12,14H,3,5,13H2,1H3,(H,21,23). The van der Waals surface area contributed by atoms with Crippen molar-refractivity contribution < 1.29 is 13.2 Å². The summed E-state index contributed by atoms with van der Waals surface area (Å²) in [5.41, 5.74) is 2.09. The monoisotopic (exact) mass is 384 g/mol. The lowest BCUT2D eigenvalue weighted by molar-refractivity contribution is 0.300. The molecule has 1 aromatic carbocycles. The van der Waals surface area contributed by atoms with Crippen LogP contribution < -0.4 is 9.46 Å². The van der Waals surface area contributed by atoms with Crippen LogP contribution >= 0.6 is 0 Å². The maximum absolute atomic E-state index is 12.5. The topological polar surface area (TPSA) is 94.1 Å². The number of nitrogens with one attached hydrogen (secondary N) is 1. The van der Waals surface area contributed by atoms with Gasteiger partial charge in [0.1, 0.15) is 0 Å². The zero-order chi connectivity index (χ0) is 19.1. The Morgan fingerprint density at radius 1 is 1.04 bits per heavy atom. The van der Waals surface area contributed by atoms with Gasteiger partial charge in [0, 0.05) is 24.8 Å². The molecule has 0 atom stereocenters. The third-order valence-electron chi connectivity index (χ3n) is 3.80. The largest absolute Gasteiger partial charge is 0.475 e. The Bertz CT molecular complexity index is 977. The fourth-order valence-corrected chi connectivity index (χ4v) is 3.40. The number of ether oxygens (including phenoxy) is 1. The molecule has 3 aromatic rings. The number of rotatable bonds is 8. The zero-order valence-electron chi connectivity index (χ0n) is 14.9. The van der Waals surface area contributed by atoms with Crippen LogP contribution in [0.2, 0.25) is 0 Å². The quantitative estimate of drug-likeness (QED) is 0.600. The van der Waals surface area contributed by atoms with E-state index >= 15 is 0 Å². The summed E-state index contributed by atoms with van der Waals surface area (Å²) in [5.74, 6) is 0.221. The first-order chi connectivity index (χ1) is 13.0. The lowest BCUT2D eigenvalue weighted by atomic mass is 10.2. The number of sulfonamides is 1. The average Bonchev–Trinajstić information content (AvgIpc) is 2.67. The van der Waals surface area contributed by atoms with Crippen LogP contribution in [0.15, 0.2) is 66.1 Å². The van der Waals surface area contributed by atoms with Crippen molar-refractivity contribution in [2.75, 3.05) is 11.3 Å². The molecular weight excluding hydrogens is 364 g/mol. The molecule has 0 radical (unpaired) electrons. The molecule has 0 saturated carbocycles. The Hall–Kier alpha value is -3.00. The summed E-state index contributed by atoms with van der Waals surface area (Å²) in [6, 6.07) is 10.4. The first-order valence-corrected chi connectivity index (χ1v) is 9.95. The van der Waals surface area contributed by atoms with E-state index in [1.807, 2.05) is 25.3 Å². The molecule has 1 N–H and O–H groups in total. The summed E-state index contributed by atoms with van der Waals surface area (Å²) in [5, 5.41) is 0. The van der Waals surface area contributed by atoms with E-state index in [2.05, 4.69) is 19.7 Å². The van der Waals surface area contributed by atoms with Gasteiger partial charge in [0.05, 0.1) is 11.5 Å². The Morgan fingerprint density at radius 3 is 2.56 bits per heavy atom. The van der Waals surface area contributed by atoms with Crippen molar-refractivity contribution in [3.05, 3.63) is 72.3 Å². The van der Waals surface area contributed by atoms with Gasteiger partial charge in [-0.05, 0) is 43.5 Å². The van der Waals surface area contributed by atoms with Crippen molar-refractivity contribution in [2.24, 2.45) is 0 Å². The Balaban J connectivity index is 1.64. The van der Waals surface area contributed by atoms with Crippen LogP contribution in [0.3, 0.4) is 0 Å². The smallest absolute Gasteiger partial charge is 0.263 e. The van der Waals surface area contributed by atoms with Crippen molar-refractivity contribution >= 4 is 15.8 Å². The number of aromatic nitrogens is 3. The summed E-state index contributed by atoms with van der Waals surface area (Å²) in [4.78, 5) is 12.4. The zero-order valence-corrected chi connectivity index (χ0v) is 15.7. The molecule has 0 unspecified atom stereocenters. The van der Waals surface area contributed by atoms with E-state index in [0.29, 0.717) is 6.61 Å². The summed E-state index contributed by atoms with van der Waals surface area (Å²) in [7, 11) is -3.77. The molecule has 0 amide bonds. The number of benzene rings is 1. The molecule has 27 heavy (non-hydrogen) atoms. The highest BCUT2D eigenvalue weighted by Crippen LogP contribution is 2.22. The molecular formula is C19H20N4O3S. The van der Waals surface area contributed by atoms with Crippen molar-refractivity contribution in [1.29, 1.82) is 0 Å². The van der Waals surface area contributed by atoms with Crippen LogP contribution in [0.5, 0.6) is 5.88 Å². The van der Waals surface area contributed by atoms with Gasteiger partial charge in [-0.3, -0.25) is 9.71 Å². The van der Waals surface area contributed by atoms with Crippen LogP contribution in [0.1, 0.15) is 17.5 Å². The molecule has 8 heteroatoms. The van der Waals surface area contributed by atoms with Crippen molar-refractivity contribution in [1.82, 2.24) is 15.0 Å². The molecule has 2 aromatic heterocycles. The van der Waals surface area contributed by atoms with Crippen LogP contribution in [0.25, 0.3) is 0 Å². The number of hydrogen-bond donors (Lipinski definition) is 1. The molecule has 0 aliphatic rings. The van der Waals surface area contributed by atoms with E-state index < -0.39 is 10.0 Å². The Morgan fingerprint density at radius 2 is 1.81 bits per heavy atom. The second-order valence-electron chi connectivity index (χ2n) is 5.94. The molecule has 3 rings (SSSR count). The Kier molecular flexibility index (Phi) is 5.97. The second-order valence-corrected chi connectivity index (χ2v) is 7.62. The summed E-state index contributed by atoms with van der Waals surface area (Å²) in [6.07, 6.45) is 7.95. The first kappa shape index (κ1) is 18.8. The summed E-state index contributed by atoms with van der Waals surface area (Å²) >= 11 is 0. The van der Waals surface area contributed by atoms with Crippen LogP contribution in [0, 0.1) is 6.92 Å². The number of anilines is 1. The van der Waals surface area contributed by atoms with Gasteiger partial charge < -0.3 is 4.74 Å². The number of aryl methyl sites for hydroxylation is 2. The van der Waals surface area contributed by atoms with Crippen molar-refractivity contribution in [3.63, 3.8) is 0 Å². The Labute approximate surface area is 158 Å². The highest BCUT2D eigenvalue weighted by Gasteiger charge is 2.18. The molecule has 0 aliphatic carbocycles. The van der Waals surface area contributed by atoms with Crippen molar-refractivity contribution in [2.45, 2.75) is 24.7 Å². The lowest BCUT2D eigenvalue weighted by Crippen LogP contribution is -2.15. The van der Waals surface area contributed by atoms with Crippen LogP contribution in [-0.4, -0.2) is 30.0 Å².